The minimum Gasteiger partial charge on any atom is -0.494 e. The number of carbonyl (C=O) groups excluding carboxylic acids is 3. The quantitative estimate of drug-likeness (QED) is 0.641. The second-order valence-electron chi connectivity index (χ2n) is 6.40. The number of ether oxygens (including phenoxy) is 1. The van der Waals surface area contributed by atoms with E-state index in [0.29, 0.717) is 29.8 Å². The molecule has 1 aliphatic heterocycles. The Kier molecular flexibility index (Phi) is 6.69. The maximum absolute atomic E-state index is 12.9. The SMILES string of the molecule is CCOc1ccc(NC(=O)CN2C(=O)S/C(=C/c3cccc(C(F)(F)F)c3)C2=O)cc1. The van der Waals surface area contributed by atoms with Crippen molar-refractivity contribution in [1.29, 1.82) is 0 Å². The van der Waals surface area contributed by atoms with Crippen LogP contribution in [0.5, 0.6) is 5.75 Å². The summed E-state index contributed by atoms with van der Waals surface area (Å²) in [6, 6.07) is 11.0. The van der Waals surface area contributed by atoms with E-state index in [1.807, 2.05) is 6.92 Å². The second-order valence-corrected chi connectivity index (χ2v) is 7.39. The lowest BCUT2D eigenvalue weighted by atomic mass is 10.1. The molecule has 1 aliphatic rings. The van der Waals surface area contributed by atoms with Gasteiger partial charge in [0, 0.05) is 5.69 Å². The van der Waals surface area contributed by atoms with Gasteiger partial charge in [0.15, 0.2) is 0 Å². The molecule has 6 nitrogen and oxygen atoms in total. The van der Waals surface area contributed by atoms with E-state index in [4.69, 9.17) is 4.74 Å². The first-order chi connectivity index (χ1) is 14.7. The molecule has 10 heteroatoms. The fourth-order valence-electron chi connectivity index (χ4n) is 2.74. The fourth-order valence-corrected chi connectivity index (χ4v) is 3.58. The summed E-state index contributed by atoms with van der Waals surface area (Å²) in [4.78, 5) is 37.6. The van der Waals surface area contributed by atoms with Gasteiger partial charge in [-0.1, -0.05) is 12.1 Å². The van der Waals surface area contributed by atoms with Crippen molar-refractivity contribution in [2.45, 2.75) is 13.1 Å². The molecule has 0 spiro atoms. The van der Waals surface area contributed by atoms with Crippen molar-refractivity contribution >= 4 is 40.6 Å². The Bertz CT molecular complexity index is 1040. The fraction of sp³-hybridized carbons (Fsp3) is 0.190. The Morgan fingerprint density at radius 1 is 1.16 bits per heavy atom. The van der Waals surface area contributed by atoms with Crippen molar-refractivity contribution < 1.29 is 32.3 Å². The van der Waals surface area contributed by atoms with Crippen molar-refractivity contribution in [2.75, 3.05) is 18.5 Å². The summed E-state index contributed by atoms with van der Waals surface area (Å²) in [5.41, 5.74) is -0.283. The van der Waals surface area contributed by atoms with E-state index in [0.717, 1.165) is 17.0 Å². The lowest BCUT2D eigenvalue weighted by Gasteiger charge is -2.12. The van der Waals surface area contributed by atoms with Gasteiger partial charge >= 0.3 is 6.18 Å². The van der Waals surface area contributed by atoms with E-state index in [1.165, 1.54) is 18.2 Å². The highest BCUT2D eigenvalue weighted by Crippen LogP contribution is 2.34. The number of anilines is 1. The van der Waals surface area contributed by atoms with Crippen LogP contribution < -0.4 is 10.1 Å². The van der Waals surface area contributed by atoms with Crippen LogP contribution in [0.1, 0.15) is 18.1 Å². The minimum absolute atomic E-state index is 0.0572. The van der Waals surface area contributed by atoms with Crippen LogP contribution in [0.2, 0.25) is 0 Å². The summed E-state index contributed by atoms with van der Waals surface area (Å²) >= 11 is 0.566. The smallest absolute Gasteiger partial charge is 0.416 e. The van der Waals surface area contributed by atoms with Gasteiger partial charge in [-0.3, -0.25) is 19.3 Å². The number of nitrogens with one attached hydrogen (secondary N) is 1. The number of hydrogen-bond acceptors (Lipinski definition) is 5. The molecule has 0 aromatic heterocycles. The van der Waals surface area contributed by atoms with Crippen molar-refractivity contribution in [2.24, 2.45) is 0 Å². The van der Waals surface area contributed by atoms with Gasteiger partial charge in [0.2, 0.25) is 5.91 Å². The first-order valence-electron chi connectivity index (χ1n) is 9.12. The summed E-state index contributed by atoms with van der Waals surface area (Å²) in [5.74, 6) is -0.702. The molecule has 0 unspecified atom stereocenters. The molecule has 1 heterocycles. The zero-order valence-corrected chi connectivity index (χ0v) is 17.0. The van der Waals surface area contributed by atoms with Gasteiger partial charge in [0.05, 0.1) is 17.1 Å². The van der Waals surface area contributed by atoms with Gasteiger partial charge in [-0.2, -0.15) is 13.2 Å². The third kappa shape index (κ3) is 5.66. The summed E-state index contributed by atoms with van der Waals surface area (Å²) < 4.78 is 43.9. The van der Waals surface area contributed by atoms with Gasteiger partial charge in [0.25, 0.3) is 11.1 Å². The van der Waals surface area contributed by atoms with Crippen molar-refractivity contribution in [3.8, 4) is 5.75 Å². The van der Waals surface area contributed by atoms with Crippen LogP contribution in [-0.2, 0) is 15.8 Å². The first-order valence-corrected chi connectivity index (χ1v) is 9.94. The summed E-state index contributed by atoms with van der Waals surface area (Å²) in [6.07, 6.45) is -3.33. The van der Waals surface area contributed by atoms with Crippen LogP contribution in [-0.4, -0.2) is 35.1 Å². The Balaban J connectivity index is 1.67. The molecule has 2 aromatic carbocycles. The summed E-state index contributed by atoms with van der Waals surface area (Å²) in [6.45, 7) is 1.82. The number of imide groups is 1. The third-order valence-corrected chi connectivity index (χ3v) is 5.04. The van der Waals surface area contributed by atoms with E-state index < -0.39 is 35.3 Å². The molecule has 0 bridgehead atoms. The zero-order chi connectivity index (χ0) is 22.6. The Hall–Kier alpha value is -3.27. The second kappa shape index (κ2) is 9.25. The van der Waals surface area contributed by atoms with Crippen molar-refractivity contribution in [3.05, 3.63) is 64.6 Å². The number of amides is 3. The Morgan fingerprint density at radius 2 is 1.87 bits per heavy atom. The van der Waals surface area contributed by atoms with Gasteiger partial charge in [-0.15, -0.1) is 0 Å². The third-order valence-electron chi connectivity index (χ3n) is 4.14. The molecule has 3 rings (SSSR count). The van der Waals surface area contributed by atoms with E-state index in [2.05, 4.69) is 5.32 Å². The molecule has 0 saturated carbocycles. The lowest BCUT2D eigenvalue weighted by molar-refractivity contribution is -0.137. The summed E-state index contributed by atoms with van der Waals surface area (Å²) in [7, 11) is 0. The predicted molar refractivity (Wildman–Crippen MR) is 110 cm³/mol. The Labute approximate surface area is 180 Å². The molecule has 1 saturated heterocycles. The van der Waals surface area contributed by atoms with E-state index in [1.54, 1.807) is 24.3 Å². The molecular weight excluding hydrogens is 433 g/mol. The lowest BCUT2D eigenvalue weighted by Crippen LogP contribution is -2.36. The van der Waals surface area contributed by atoms with Crippen LogP contribution in [0.25, 0.3) is 6.08 Å². The normalized spacial score (nSPS) is 15.5. The number of carbonyl (C=O) groups is 3. The number of thioether (sulfide) groups is 1. The topological polar surface area (TPSA) is 75.7 Å². The van der Waals surface area contributed by atoms with Crippen molar-refractivity contribution in [3.63, 3.8) is 0 Å². The molecule has 2 aromatic rings. The average molecular weight is 450 g/mol. The molecule has 0 aliphatic carbocycles. The van der Waals surface area contributed by atoms with Gasteiger partial charge in [0.1, 0.15) is 12.3 Å². The van der Waals surface area contributed by atoms with Gasteiger partial charge < -0.3 is 10.1 Å². The van der Waals surface area contributed by atoms with Gasteiger partial charge in [-0.25, -0.2) is 0 Å². The summed E-state index contributed by atoms with van der Waals surface area (Å²) in [5, 5.41) is 1.90. The van der Waals surface area contributed by atoms with Gasteiger partial charge in [-0.05, 0) is 66.7 Å². The largest absolute Gasteiger partial charge is 0.494 e. The molecular formula is C21H17F3N2O4S. The number of alkyl halides is 3. The molecule has 1 N–H and O–H groups in total. The Morgan fingerprint density at radius 3 is 2.52 bits per heavy atom. The van der Waals surface area contributed by atoms with Crippen LogP contribution in [0.15, 0.2) is 53.4 Å². The average Bonchev–Trinajstić information content (AvgIpc) is 2.96. The molecule has 0 radical (unpaired) electrons. The standard InChI is InChI=1S/C21H17F3N2O4S/c1-2-30-16-8-6-15(7-9-16)25-18(27)12-26-19(28)17(31-20(26)29)11-13-4-3-5-14(10-13)21(22,23)24/h3-11H,2,12H2,1H3,(H,25,27)/b17-11+. The first kappa shape index (κ1) is 22.4. The molecule has 162 valence electrons. The maximum atomic E-state index is 12.9. The number of hydrogen-bond donors (Lipinski definition) is 1. The van der Waals surface area contributed by atoms with E-state index >= 15 is 0 Å². The van der Waals surface area contributed by atoms with Crippen LogP contribution in [0.4, 0.5) is 23.7 Å². The van der Waals surface area contributed by atoms with Crippen LogP contribution in [0, 0.1) is 0 Å². The van der Waals surface area contributed by atoms with Crippen molar-refractivity contribution in [1.82, 2.24) is 4.90 Å². The highest BCUT2D eigenvalue weighted by Gasteiger charge is 2.36. The highest BCUT2D eigenvalue weighted by molar-refractivity contribution is 8.18. The molecule has 0 atom stereocenters. The van der Waals surface area contributed by atoms with Crippen LogP contribution in [0.3, 0.4) is 0 Å². The predicted octanol–water partition coefficient (Wildman–Crippen LogP) is 4.78. The zero-order valence-electron chi connectivity index (χ0n) is 16.2. The number of halogens is 3. The highest BCUT2D eigenvalue weighted by atomic mass is 32.2. The minimum atomic E-state index is -4.53. The molecule has 1 fully saturated rings. The molecule has 31 heavy (non-hydrogen) atoms. The number of rotatable bonds is 6. The number of benzene rings is 2. The monoisotopic (exact) mass is 450 g/mol. The van der Waals surface area contributed by atoms with Crippen LogP contribution >= 0.6 is 11.8 Å². The molecule has 3 amide bonds. The van der Waals surface area contributed by atoms with E-state index in [-0.39, 0.29) is 10.5 Å². The van der Waals surface area contributed by atoms with E-state index in [9.17, 15) is 27.6 Å². The maximum Gasteiger partial charge on any atom is 0.416 e. The number of nitrogens with zero attached hydrogens (tertiary/aromatic N) is 1.